The van der Waals surface area contributed by atoms with Crippen LogP contribution in [0.1, 0.15) is 34.8 Å². The van der Waals surface area contributed by atoms with Gasteiger partial charge in [-0.15, -0.1) is 0 Å². The number of benzene rings is 1. The van der Waals surface area contributed by atoms with Crippen molar-refractivity contribution in [3.63, 3.8) is 0 Å². The molecule has 0 aliphatic rings. The molecule has 0 aliphatic carbocycles. The maximum Gasteiger partial charge on any atom is 0.310 e. The summed E-state index contributed by atoms with van der Waals surface area (Å²) in [6.45, 7) is 5.38. The highest BCUT2D eigenvalue weighted by Gasteiger charge is 2.09. The third-order valence-corrected chi connectivity index (χ3v) is 2.12. The van der Waals surface area contributed by atoms with Gasteiger partial charge in [-0.25, -0.2) is 0 Å². The van der Waals surface area contributed by atoms with Crippen molar-refractivity contribution >= 4 is 12.3 Å². The van der Waals surface area contributed by atoms with E-state index in [-0.39, 0.29) is 5.97 Å². The first kappa shape index (κ1) is 11.4. The quantitative estimate of drug-likeness (QED) is 0.433. The van der Waals surface area contributed by atoms with Crippen LogP contribution in [0.4, 0.5) is 0 Å². The Bertz CT molecular complexity index is 371. The van der Waals surface area contributed by atoms with Crippen molar-refractivity contribution in [3.05, 3.63) is 28.8 Å². The zero-order valence-corrected chi connectivity index (χ0v) is 9.16. The van der Waals surface area contributed by atoms with Crippen molar-refractivity contribution in [2.75, 3.05) is 0 Å². The molecule has 3 nitrogen and oxygen atoms in total. The minimum atomic E-state index is -0.264. The van der Waals surface area contributed by atoms with Gasteiger partial charge in [-0.3, -0.25) is 9.59 Å². The first-order valence-corrected chi connectivity index (χ1v) is 4.85. The highest BCUT2D eigenvalue weighted by molar-refractivity contribution is 5.78. The van der Waals surface area contributed by atoms with Gasteiger partial charge in [-0.2, -0.15) is 0 Å². The molecule has 0 amide bonds. The highest BCUT2D eigenvalue weighted by atomic mass is 16.5. The summed E-state index contributed by atoms with van der Waals surface area (Å²) < 4.78 is 5.17. The average molecular weight is 206 g/mol. The van der Waals surface area contributed by atoms with E-state index in [1.165, 1.54) is 0 Å². The van der Waals surface area contributed by atoms with E-state index in [4.69, 9.17) is 4.74 Å². The van der Waals surface area contributed by atoms with Crippen molar-refractivity contribution in [1.29, 1.82) is 0 Å². The van der Waals surface area contributed by atoms with E-state index in [2.05, 4.69) is 0 Å². The Labute approximate surface area is 89.1 Å². The number of carbonyl (C=O) groups is 2. The molecule has 0 radical (unpaired) electrons. The molecule has 0 saturated carbocycles. The van der Waals surface area contributed by atoms with Crippen molar-refractivity contribution < 1.29 is 14.3 Å². The van der Waals surface area contributed by atoms with Crippen LogP contribution in [0.25, 0.3) is 0 Å². The van der Waals surface area contributed by atoms with Crippen LogP contribution >= 0.6 is 0 Å². The number of hydrogen-bond donors (Lipinski definition) is 0. The van der Waals surface area contributed by atoms with E-state index in [1.54, 1.807) is 19.1 Å². The Hall–Kier alpha value is -1.64. The number of carbonyl (C=O) groups excluding carboxylic acids is 2. The fourth-order valence-corrected chi connectivity index (χ4v) is 1.40. The molecule has 1 aromatic carbocycles. The van der Waals surface area contributed by atoms with Crippen molar-refractivity contribution in [2.45, 2.75) is 27.2 Å². The van der Waals surface area contributed by atoms with Gasteiger partial charge in [0.15, 0.2) is 0 Å². The Morgan fingerprint density at radius 2 is 1.87 bits per heavy atom. The predicted octanol–water partition coefficient (Wildman–Crippen LogP) is 2.43. The minimum Gasteiger partial charge on any atom is -0.426 e. The Morgan fingerprint density at radius 3 is 2.27 bits per heavy atom. The van der Waals surface area contributed by atoms with E-state index < -0.39 is 0 Å². The molecule has 0 unspecified atom stereocenters. The number of rotatable bonds is 3. The van der Waals surface area contributed by atoms with Crippen LogP contribution < -0.4 is 4.74 Å². The highest BCUT2D eigenvalue weighted by Crippen LogP contribution is 2.24. The molecule has 1 rings (SSSR count). The second kappa shape index (κ2) is 4.73. The molecule has 80 valence electrons. The summed E-state index contributed by atoms with van der Waals surface area (Å²) >= 11 is 0. The maximum absolute atomic E-state index is 11.1. The number of hydrogen-bond acceptors (Lipinski definition) is 3. The number of ether oxygens (including phenoxy) is 1. The van der Waals surface area contributed by atoms with Gasteiger partial charge < -0.3 is 4.74 Å². The molecule has 0 aliphatic heterocycles. The fraction of sp³-hybridized carbons (Fsp3) is 0.333. The molecule has 0 atom stereocenters. The van der Waals surface area contributed by atoms with E-state index >= 15 is 0 Å². The standard InChI is InChI=1S/C12H14O3/c1-4-11(14)15-12-8(2)5-10(7-13)6-9(12)3/h5-7H,4H2,1-3H3. The fourth-order valence-electron chi connectivity index (χ4n) is 1.40. The van der Waals surface area contributed by atoms with E-state index in [1.807, 2.05) is 13.8 Å². The molecule has 0 saturated heterocycles. The van der Waals surface area contributed by atoms with Gasteiger partial charge >= 0.3 is 5.97 Å². The van der Waals surface area contributed by atoms with Crippen molar-refractivity contribution in [2.24, 2.45) is 0 Å². The minimum absolute atomic E-state index is 0.264. The van der Waals surface area contributed by atoms with Crippen LogP contribution in [0.15, 0.2) is 12.1 Å². The van der Waals surface area contributed by atoms with Crippen LogP contribution in [0, 0.1) is 13.8 Å². The van der Waals surface area contributed by atoms with Gasteiger partial charge in [0, 0.05) is 12.0 Å². The topological polar surface area (TPSA) is 43.4 Å². The first-order chi connectivity index (χ1) is 7.08. The lowest BCUT2D eigenvalue weighted by atomic mass is 10.1. The summed E-state index contributed by atoms with van der Waals surface area (Å²) in [6.07, 6.45) is 1.12. The summed E-state index contributed by atoms with van der Waals surface area (Å²) in [5.41, 5.74) is 2.21. The first-order valence-electron chi connectivity index (χ1n) is 4.85. The van der Waals surface area contributed by atoms with Crippen molar-refractivity contribution in [1.82, 2.24) is 0 Å². The molecule has 1 aromatic rings. The normalized spacial score (nSPS) is 9.80. The molecule has 0 bridgehead atoms. The second-order valence-electron chi connectivity index (χ2n) is 3.43. The van der Waals surface area contributed by atoms with Gasteiger partial charge in [0.2, 0.25) is 0 Å². The van der Waals surface area contributed by atoms with Gasteiger partial charge in [-0.1, -0.05) is 6.92 Å². The summed E-state index contributed by atoms with van der Waals surface area (Å²) in [7, 11) is 0. The third kappa shape index (κ3) is 2.65. The molecule has 0 fully saturated rings. The number of aryl methyl sites for hydroxylation is 2. The zero-order valence-electron chi connectivity index (χ0n) is 9.16. The smallest absolute Gasteiger partial charge is 0.310 e. The van der Waals surface area contributed by atoms with Gasteiger partial charge in [0.1, 0.15) is 12.0 Å². The number of esters is 1. The van der Waals surface area contributed by atoms with Gasteiger partial charge in [-0.05, 0) is 37.1 Å². The van der Waals surface area contributed by atoms with Gasteiger partial charge in [0.05, 0.1) is 0 Å². The Kier molecular flexibility index (Phi) is 3.61. The molecular formula is C12H14O3. The molecule has 0 N–H and O–H groups in total. The van der Waals surface area contributed by atoms with Crippen molar-refractivity contribution in [3.8, 4) is 5.75 Å². The molecule has 0 spiro atoms. The molecule has 0 heterocycles. The van der Waals surface area contributed by atoms with E-state index in [0.29, 0.717) is 17.7 Å². The van der Waals surface area contributed by atoms with E-state index in [9.17, 15) is 9.59 Å². The summed E-state index contributed by atoms with van der Waals surface area (Å²) in [4.78, 5) is 21.7. The molecular weight excluding hydrogens is 192 g/mol. The molecule has 3 heteroatoms. The van der Waals surface area contributed by atoms with Crippen LogP contribution in [-0.4, -0.2) is 12.3 Å². The predicted molar refractivity (Wildman–Crippen MR) is 57.2 cm³/mol. The third-order valence-electron chi connectivity index (χ3n) is 2.12. The summed E-state index contributed by atoms with van der Waals surface area (Å²) in [6, 6.07) is 3.41. The van der Waals surface area contributed by atoms with E-state index in [0.717, 1.165) is 17.4 Å². The monoisotopic (exact) mass is 206 g/mol. The average Bonchev–Trinajstić information content (AvgIpc) is 2.22. The Morgan fingerprint density at radius 1 is 1.33 bits per heavy atom. The van der Waals surface area contributed by atoms with Gasteiger partial charge in [0.25, 0.3) is 0 Å². The Balaban J connectivity index is 3.08. The lowest BCUT2D eigenvalue weighted by Crippen LogP contribution is -2.08. The summed E-state index contributed by atoms with van der Waals surface area (Å²) in [5, 5.41) is 0. The largest absolute Gasteiger partial charge is 0.426 e. The second-order valence-corrected chi connectivity index (χ2v) is 3.43. The zero-order chi connectivity index (χ0) is 11.4. The summed E-state index contributed by atoms with van der Waals surface area (Å²) in [5.74, 6) is 0.299. The lowest BCUT2D eigenvalue weighted by molar-refractivity contribution is -0.134. The van der Waals surface area contributed by atoms with Crippen LogP contribution in [-0.2, 0) is 4.79 Å². The maximum atomic E-state index is 11.1. The molecule has 0 aromatic heterocycles. The van der Waals surface area contributed by atoms with Crippen LogP contribution in [0.2, 0.25) is 0 Å². The molecule has 15 heavy (non-hydrogen) atoms. The van der Waals surface area contributed by atoms with Crippen LogP contribution in [0.5, 0.6) is 5.75 Å². The van der Waals surface area contributed by atoms with Crippen LogP contribution in [0.3, 0.4) is 0 Å². The number of aldehydes is 1. The lowest BCUT2D eigenvalue weighted by Gasteiger charge is -2.10. The SMILES string of the molecule is CCC(=O)Oc1c(C)cc(C=O)cc1C.